The molecule has 0 saturated heterocycles. The number of hydrogen-bond donors (Lipinski definition) is 0. The summed E-state index contributed by atoms with van der Waals surface area (Å²) in [7, 11) is -3.28. The lowest BCUT2D eigenvalue weighted by Crippen LogP contribution is -2.07. The van der Waals surface area contributed by atoms with Crippen LogP contribution in [0.25, 0.3) is 6.08 Å². The average Bonchev–Trinajstić information content (AvgIpc) is 3.21. The zero-order chi connectivity index (χ0) is 14.7. The van der Waals surface area contributed by atoms with Crippen LogP contribution in [0, 0.1) is 0 Å². The molecule has 1 saturated carbocycles. The Bertz CT molecular complexity index is 731. The van der Waals surface area contributed by atoms with Crippen molar-refractivity contribution >= 4 is 15.9 Å². The normalized spacial score (nSPS) is 15.6. The molecule has 1 fully saturated rings. The summed E-state index contributed by atoms with van der Waals surface area (Å²) in [4.78, 5) is 4.14. The number of rotatable bonds is 6. The van der Waals surface area contributed by atoms with Crippen LogP contribution >= 0.6 is 0 Å². The molecule has 6 heteroatoms. The predicted octanol–water partition coefficient (Wildman–Crippen LogP) is 2.58. The van der Waals surface area contributed by atoms with Gasteiger partial charge in [-0.25, -0.2) is 8.42 Å². The second-order valence-corrected chi connectivity index (χ2v) is 7.30. The topological polar surface area (TPSA) is 73.1 Å². The van der Waals surface area contributed by atoms with Crippen molar-refractivity contribution in [3.05, 3.63) is 53.7 Å². The van der Waals surface area contributed by atoms with E-state index in [2.05, 4.69) is 10.1 Å². The van der Waals surface area contributed by atoms with E-state index in [0.717, 1.165) is 18.4 Å². The van der Waals surface area contributed by atoms with E-state index in [0.29, 0.717) is 11.7 Å². The van der Waals surface area contributed by atoms with Crippen molar-refractivity contribution in [2.24, 2.45) is 0 Å². The Hall–Kier alpha value is -1.95. The van der Waals surface area contributed by atoms with E-state index in [1.54, 1.807) is 12.2 Å². The number of nitrogens with zero attached hydrogens (tertiary/aromatic N) is 2. The smallest absolute Gasteiger partial charge is 0.241 e. The van der Waals surface area contributed by atoms with Crippen molar-refractivity contribution in [2.45, 2.75) is 24.5 Å². The highest BCUT2D eigenvalue weighted by Crippen LogP contribution is 2.38. The van der Waals surface area contributed by atoms with Crippen LogP contribution in [0.1, 0.15) is 36.0 Å². The lowest BCUT2D eigenvalue weighted by Gasteiger charge is -1.96. The van der Waals surface area contributed by atoms with Gasteiger partial charge in [-0.05, 0) is 18.4 Å². The van der Waals surface area contributed by atoms with Crippen molar-refractivity contribution in [1.82, 2.24) is 10.1 Å². The number of aromatic nitrogens is 2. The molecule has 0 unspecified atom stereocenters. The van der Waals surface area contributed by atoms with Crippen molar-refractivity contribution < 1.29 is 12.9 Å². The summed E-state index contributed by atoms with van der Waals surface area (Å²) >= 11 is 0. The van der Waals surface area contributed by atoms with Gasteiger partial charge in [-0.1, -0.05) is 47.6 Å². The summed E-state index contributed by atoms with van der Waals surface area (Å²) in [5, 5.41) is 3.82. The van der Waals surface area contributed by atoms with Crippen LogP contribution in [0.2, 0.25) is 0 Å². The summed E-state index contributed by atoms with van der Waals surface area (Å²) in [6.45, 7) is 0. The van der Waals surface area contributed by atoms with Crippen LogP contribution in [-0.4, -0.2) is 24.3 Å². The molecule has 1 aliphatic rings. The van der Waals surface area contributed by atoms with Gasteiger partial charge in [0.25, 0.3) is 0 Å². The van der Waals surface area contributed by atoms with Gasteiger partial charge in [0.2, 0.25) is 5.89 Å². The minimum Gasteiger partial charge on any atom is -0.338 e. The van der Waals surface area contributed by atoms with Gasteiger partial charge in [-0.15, -0.1) is 0 Å². The van der Waals surface area contributed by atoms with Gasteiger partial charge in [-0.2, -0.15) is 4.98 Å². The van der Waals surface area contributed by atoms with E-state index in [9.17, 15) is 8.42 Å². The van der Waals surface area contributed by atoms with Gasteiger partial charge in [0.1, 0.15) is 5.75 Å². The Morgan fingerprint density at radius 3 is 2.71 bits per heavy atom. The fourth-order valence-electron chi connectivity index (χ4n) is 1.98. The van der Waals surface area contributed by atoms with E-state index in [-0.39, 0.29) is 17.4 Å². The minimum atomic E-state index is -3.28. The van der Waals surface area contributed by atoms with Crippen LogP contribution in [0.4, 0.5) is 0 Å². The van der Waals surface area contributed by atoms with E-state index in [4.69, 9.17) is 4.52 Å². The quantitative estimate of drug-likeness (QED) is 0.820. The van der Waals surface area contributed by atoms with Crippen LogP contribution in [0.3, 0.4) is 0 Å². The zero-order valence-corrected chi connectivity index (χ0v) is 12.3. The standard InChI is InChI=1S/C15H16N2O3S/c18-21(19,10-4-7-12-5-2-1-3-6-12)11-14-16-15(17-20-14)13-8-9-13/h1-7,13H,8-11H2/b7-4-. The van der Waals surface area contributed by atoms with Crippen molar-refractivity contribution in [3.63, 3.8) is 0 Å². The molecule has 0 amide bonds. The molecule has 0 radical (unpaired) electrons. The molecule has 1 aliphatic carbocycles. The van der Waals surface area contributed by atoms with E-state index in [1.165, 1.54) is 0 Å². The third kappa shape index (κ3) is 4.01. The second-order valence-electron chi connectivity index (χ2n) is 5.19. The summed E-state index contributed by atoms with van der Waals surface area (Å²) in [6.07, 6.45) is 5.56. The van der Waals surface area contributed by atoms with E-state index < -0.39 is 9.84 Å². The van der Waals surface area contributed by atoms with Crippen molar-refractivity contribution in [3.8, 4) is 0 Å². The van der Waals surface area contributed by atoms with E-state index >= 15 is 0 Å². The monoisotopic (exact) mass is 304 g/mol. The molecule has 0 N–H and O–H groups in total. The van der Waals surface area contributed by atoms with E-state index in [1.807, 2.05) is 30.3 Å². The maximum Gasteiger partial charge on any atom is 0.241 e. The average molecular weight is 304 g/mol. The highest BCUT2D eigenvalue weighted by atomic mass is 32.2. The summed E-state index contributed by atoms with van der Waals surface area (Å²) in [5.41, 5.74) is 0.974. The third-order valence-electron chi connectivity index (χ3n) is 3.23. The summed E-state index contributed by atoms with van der Waals surface area (Å²) in [6, 6.07) is 9.57. The molecule has 0 bridgehead atoms. The number of benzene rings is 1. The first-order chi connectivity index (χ1) is 10.1. The molecule has 110 valence electrons. The van der Waals surface area contributed by atoms with Gasteiger partial charge >= 0.3 is 0 Å². The SMILES string of the molecule is O=S(=O)(C/C=C\c1ccccc1)Cc1nc(C2CC2)no1. The molecule has 1 heterocycles. The van der Waals surface area contributed by atoms with Gasteiger partial charge in [-0.3, -0.25) is 0 Å². The van der Waals surface area contributed by atoms with Crippen LogP contribution < -0.4 is 0 Å². The van der Waals surface area contributed by atoms with Crippen molar-refractivity contribution in [1.29, 1.82) is 0 Å². The molecule has 5 nitrogen and oxygen atoms in total. The highest BCUT2D eigenvalue weighted by molar-refractivity contribution is 7.90. The predicted molar refractivity (Wildman–Crippen MR) is 79.2 cm³/mol. The molecule has 2 aromatic rings. The Labute approximate surface area is 123 Å². The zero-order valence-electron chi connectivity index (χ0n) is 11.5. The lowest BCUT2D eigenvalue weighted by molar-refractivity contribution is 0.383. The summed E-state index contributed by atoms with van der Waals surface area (Å²) < 4.78 is 29.0. The van der Waals surface area contributed by atoms with Crippen LogP contribution in [-0.2, 0) is 15.6 Å². The fraction of sp³-hybridized carbons (Fsp3) is 0.333. The molecule has 0 spiro atoms. The Balaban J connectivity index is 1.59. The molecule has 3 rings (SSSR count). The first kappa shape index (κ1) is 14.0. The molecule has 21 heavy (non-hydrogen) atoms. The molecule has 1 aromatic carbocycles. The lowest BCUT2D eigenvalue weighted by atomic mass is 10.2. The number of sulfone groups is 1. The molecular formula is C15H16N2O3S. The Kier molecular flexibility index (Phi) is 3.88. The molecular weight excluding hydrogens is 288 g/mol. The van der Waals surface area contributed by atoms with Crippen LogP contribution in [0.5, 0.6) is 0 Å². The van der Waals surface area contributed by atoms with Gasteiger partial charge < -0.3 is 4.52 Å². The molecule has 0 aliphatic heterocycles. The Morgan fingerprint density at radius 1 is 1.24 bits per heavy atom. The minimum absolute atomic E-state index is 0.0387. The van der Waals surface area contributed by atoms with Gasteiger partial charge in [0, 0.05) is 5.92 Å². The maximum absolute atomic E-state index is 12.0. The first-order valence-corrected chi connectivity index (χ1v) is 8.69. The van der Waals surface area contributed by atoms with Crippen molar-refractivity contribution in [2.75, 3.05) is 5.75 Å². The largest absolute Gasteiger partial charge is 0.338 e. The highest BCUT2D eigenvalue weighted by Gasteiger charge is 2.29. The summed E-state index contributed by atoms with van der Waals surface area (Å²) in [5.74, 6) is 0.947. The molecule has 1 aromatic heterocycles. The van der Waals surface area contributed by atoms with Gasteiger partial charge in [0.05, 0.1) is 5.75 Å². The maximum atomic E-state index is 12.0. The third-order valence-corrected chi connectivity index (χ3v) is 4.62. The Morgan fingerprint density at radius 2 is 2.00 bits per heavy atom. The van der Waals surface area contributed by atoms with Gasteiger partial charge in [0.15, 0.2) is 15.7 Å². The van der Waals surface area contributed by atoms with Crippen LogP contribution in [0.15, 0.2) is 40.9 Å². The first-order valence-electron chi connectivity index (χ1n) is 6.87. The molecule has 0 atom stereocenters. The number of hydrogen-bond acceptors (Lipinski definition) is 5. The fourth-order valence-corrected chi connectivity index (χ4v) is 2.98. The second kappa shape index (κ2) is 5.81.